The van der Waals surface area contributed by atoms with Crippen molar-refractivity contribution in [3.05, 3.63) is 0 Å². The summed E-state index contributed by atoms with van der Waals surface area (Å²) in [5, 5.41) is 0. The number of methoxy groups -OCH3 is 1. The van der Waals surface area contributed by atoms with Crippen LogP contribution in [-0.2, 0) is 14.3 Å². The maximum Gasteiger partial charge on any atom is 0.315 e. The summed E-state index contributed by atoms with van der Waals surface area (Å²) < 4.78 is 9.74. The van der Waals surface area contributed by atoms with Gasteiger partial charge in [-0.15, -0.1) is 0 Å². The zero-order valence-corrected chi connectivity index (χ0v) is 7.92. The smallest absolute Gasteiger partial charge is 0.315 e. The van der Waals surface area contributed by atoms with Crippen LogP contribution in [0.25, 0.3) is 0 Å². The SMILES string of the molecule is CCOC(=O)C(C)(CN)COC. The van der Waals surface area contributed by atoms with Crippen LogP contribution >= 0.6 is 0 Å². The standard InChI is InChI=1S/C8H17NO3/c1-4-12-7(10)8(2,5-9)6-11-3/h4-6,9H2,1-3H3. The quantitative estimate of drug-likeness (QED) is 0.605. The van der Waals surface area contributed by atoms with Gasteiger partial charge in [-0.2, -0.15) is 0 Å². The first-order valence-electron chi connectivity index (χ1n) is 3.97. The molecule has 4 nitrogen and oxygen atoms in total. The summed E-state index contributed by atoms with van der Waals surface area (Å²) in [5.74, 6) is -0.297. The van der Waals surface area contributed by atoms with Gasteiger partial charge in [0.2, 0.25) is 0 Å². The molecule has 0 bridgehead atoms. The Labute approximate surface area is 73.0 Å². The lowest BCUT2D eigenvalue weighted by Gasteiger charge is -2.23. The summed E-state index contributed by atoms with van der Waals surface area (Å²) in [7, 11) is 1.53. The highest BCUT2D eigenvalue weighted by atomic mass is 16.5. The molecule has 0 aliphatic carbocycles. The van der Waals surface area contributed by atoms with Gasteiger partial charge in [-0.3, -0.25) is 4.79 Å². The van der Waals surface area contributed by atoms with Gasteiger partial charge in [-0.05, 0) is 13.8 Å². The molecular formula is C8H17NO3. The Bertz CT molecular complexity index is 149. The van der Waals surface area contributed by atoms with Crippen molar-refractivity contribution < 1.29 is 14.3 Å². The molecule has 2 N–H and O–H groups in total. The van der Waals surface area contributed by atoms with Gasteiger partial charge in [0.1, 0.15) is 5.41 Å². The number of hydrogen-bond acceptors (Lipinski definition) is 4. The first-order valence-corrected chi connectivity index (χ1v) is 3.97. The highest BCUT2D eigenvalue weighted by molar-refractivity contribution is 5.76. The minimum absolute atomic E-state index is 0.236. The van der Waals surface area contributed by atoms with Crippen molar-refractivity contribution in [1.29, 1.82) is 0 Å². The van der Waals surface area contributed by atoms with Crippen LogP contribution in [0.4, 0.5) is 0 Å². The molecule has 0 aromatic carbocycles. The number of rotatable bonds is 5. The molecule has 0 fully saturated rings. The van der Waals surface area contributed by atoms with E-state index in [2.05, 4.69) is 0 Å². The van der Waals surface area contributed by atoms with Gasteiger partial charge >= 0.3 is 5.97 Å². The van der Waals surface area contributed by atoms with Crippen molar-refractivity contribution >= 4 is 5.97 Å². The van der Waals surface area contributed by atoms with Crippen molar-refractivity contribution in [1.82, 2.24) is 0 Å². The van der Waals surface area contributed by atoms with E-state index in [1.165, 1.54) is 7.11 Å². The van der Waals surface area contributed by atoms with E-state index in [1.807, 2.05) is 0 Å². The average Bonchev–Trinajstić information content (AvgIpc) is 2.05. The summed E-state index contributed by atoms with van der Waals surface area (Å²) in [5.41, 5.74) is 4.74. The molecule has 1 unspecified atom stereocenters. The van der Waals surface area contributed by atoms with E-state index in [9.17, 15) is 4.79 Å². The third-order valence-electron chi connectivity index (χ3n) is 1.68. The van der Waals surface area contributed by atoms with E-state index in [-0.39, 0.29) is 12.5 Å². The maximum absolute atomic E-state index is 11.3. The molecule has 0 aromatic heterocycles. The molecule has 12 heavy (non-hydrogen) atoms. The molecule has 0 rings (SSSR count). The molecule has 4 heteroatoms. The van der Waals surface area contributed by atoms with Gasteiger partial charge in [-0.1, -0.05) is 0 Å². The van der Waals surface area contributed by atoms with Gasteiger partial charge in [0.15, 0.2) is 0 Å². The van der Waals surface area contributed by atoms with Crippen LogP contribution in [0.2, 0.25) is 0 Å². The average molecular weight is 175 g/mol. The fraction of sp³-hybridized carbons (Fsp3) is 0.875. The number of carbonyl (C=O) groups excluding carboxylic acids is 1. The van der Waals surface area contributed by atoms with Crippen LogP contribution in [0, 0.1) is 5.41 Å². The van der Waals surface area contributed by atoms with Gasteiger partial charge in [0.25, 0.3) is 0 Å². The molecule has 0 saturated carbocycles. The largest absolute Gasteiger partial charge is 0.465 e. The molecular weight excluding hydrogens is 158 g/mol. The number of nitrogens with two attached hydrogens (primary N) is 1. The van der Waals surface area contributed by atoms with Crippen molar-refractivity contribution in [2.45, 2.75) is 13.8 Å². The molecule has 0 aliphatic heterocycles. The van der Waals surface area contributed by atoms with Crippen molar-refractivity contribution in [2.24, 2.45) is 11.1 Å². The molecule has 1 atom stereocenters. The molecule has 0 radical (unpaired) electrons. The number of esters is 1. The Morgan fingerprint density at radius 1 is 1.58 bits per heavy atom. The summed E-state index contributed by atoms with van der Waals surface area (Å²) in [4.78, 5) is 11.3. The molecule has 0 heterocycles. The molecule has 0 saturated heterocycles. The van der Waals surface area contributed by atoms with E-state index in [1.54, 1.807) is 13.8 Å². The van der Waals surface area contributed by atoms with E-state index < -0.39 is 5.41 Å². The van der Waals surface area contributed by atoms with E-state index in [0.29, 0.717) is 13.2 Å². The fourth-order valence-corrected chi connectivity index (χ4v) is 0.825. The van der Waals surface area contributed by atoms with Crippen molar-refractivity contribution in [2.75, 3.05) is 26.9 Å². The first-order chi connectivity index (χ1) is 5.60. The fourth-order valence-electron chi connectivity index (χ4n) is 0.825. The Morgan fingerprint density at radius 3 is 2.50 bits per heavy atom. The normalized spacial score (nSPS) is 15.3. The Morgan fingerprint density at radius 2 is 2.17 bits per heavy atom. The second kappa shape index (κ2) is 5.11. The highest BCUT2D eigenvalue weighted by Gasteiger charge is 2.33. The lowest BCUT2D eigenvalue weighted by atomic mass is 9.92. The monoisotopic (exact) mass is 175 g/mol. The lowest BCUT2D eigenvalue weighted by Crippen LogP contribution is -2.41. The zero-order chi connectivity index (χ0) is 9.61. The second-order valence-electron chi connectivity index (χ2n) is 2.92. The summed E-state index contributed by atoms with van der Waals surface area (Å²) in [6.45, 7) is 4.40. The highest BCUT2D eigenvalue weighted by Crippen LogP contribution is 2.16. The van der Waals surface area contributed by atoms with Crippen LogP contribution in [0.5, 0.6) is 0 Å². The van der Waals surface area contributed by atoms with E-state index in [0.717, 1.165) is 0 Å². The van der Waals surface area contributed by atoms with Crippen molar-refractivity contribution in [3.8, 4) is 0 Å². The minimum Gasteiger partial charge on any atom is -0.465 e. The summed E-state index contributed by atoms with van der Waals surface area (Å²) in [6, 6.07) is 0. The Balaban J connectivity index is 4.18. The predicted molar refractivity (Wildman–Crippen MR) is 45.7 cm³/mol. The third kappa shape index (κ3) is 2.79. The molecule has 0 amide bonds. The van der Waals surface area contributed by atoms with Crippen LogP contribution in [0.1, 0.15) is 13.8 Å². The maximum atomic E-state index is 11.3. The van der Waals surface area contributed by atoms with E-state index in [4.69, 9.17) is 15.2 Å². The van der Waals surface area contributed by atoms with Gasteiger partial charge < -0.3 is 15.2 Å². The van der Waals surface area contributed by atoms with Gasteiger partial charge in [0, 0.05) is 13.7 Å². The second-order valence-corrected chi connectivity index (χ2v) is 2.92. The summed E-state index contributed by atoms with van der Waals surface area (Å²) >= 11 is 0. The molecule has 0 aliphatic rings. The molecule has 0 aromatic rings. The number of carbonyl (C=O) groups is 1. The van der Waals surface area contributed by atoms with E-state index >= 15 is 0 Å². The number of hydrogen-bond donors (Lipinski definition) is 1. The van der Waals surface area contributed by atoms with Gasteiger partial charge in [0.05, 0.1) is 13.2 Å². The Hall–Kier alpha value is -0.610. The molecule has 72 valence electrons. The Kier molecular flexibility index (Phi) is 4.85. The van der Waals surface area contributed by atoms with Crippen LogP contribution in [-0.4, -0.2) is 32.8 Å². The number of ether oxygens (including phenoxy) is 2. The van der Waals surface area contributed by atoms with Crippen LogP contribution in [0.3, 0.4) is 0 Å². The lowest BCUT2D eigenvalue weighted by molar-refractivity contribution is -0.156. The minimum atomic E-state index is -0.704. The van der Waals surface area contributed by atoms with Crippen molar-refractivity contribution in [3.63, 3.8) is 0 Å². The van der Waals surface area contributed by atoms with Gasteiger partial charge in [-0.25, -0.2) is 0 Å². The zero-order valence-electron chi connectivity index (χ0n) is 7.92. The van der Waals surface area contributed by atoms with Crippen LogP contribution in [0.15, 0.2) is 0 Å². The topological polar surface area (TPSA) is 61.5 Å². The predicted octanol–water partition coefficient (Wildman–Crippen LogP) is 0.161. The molecule has 0 spiro atoms. The summed E-state index contributed by atoms with van der Waals surface area (Å²) in [6.07, 6.45) is 0. The third-order valence-corrected chi connectivity index (χ3v) is 1.68. The first kappa shape index (κ1) is 11.4. The van der Waals surface area contributed by atoms with Crippen LogP contribution < -0.4 is 5.73 Å².